The van der Waals surface area contributed by atoms with Gasteiger partial charge >= 0.3 is 0 Å². The molecular weight excluding hydrogens is 232 g/mol. The summed E-state index contributed by atoms with van der Waals surface area (Å²) in [6.45, 7) is 13.3. The van der Waals surface area contributed by atoms with Crippen molar-refractivity contribution >= 4 is 0 Å². The van der Waals surface area contributed by atoms with Crippen LogP contribution in [0.5, 0.6) is 0 Å². The molecule has 112 valence electrons. The molecule has 1 aliphatic heterocycles. The van der Waals surface area contributed by atoms with Crippen LogP contribution >= 0.6 is 0 Å². The molecule has 1 aliphatic carbocycles. The molecule has 0 bridgehead atoms. The van der Waals surface area contributed by atoms with Crippen molar-refractivity contribution in [1.29, 1.82) is 0 Å². The molecule has 0 aromatic rings. The zero-order chi connectivity index (χ0) is 13.9. The van der Waals surface area contributed by atoms with Crippen LogP contribution in [-0.4, -0.2) is 36.6 Å². The maximum absolute atomic E-state index is 3.80. The fourth-order valence-electron chi connectivity index (χ4n) is 4.54. The Morgan fingerprint density at radius 1 is 1.16 bits per heavy atom. The van der Waals surface area contributed by atoms with Gasteiger partial charge in [-0.3, -0.25) is 0 Å². The van der Waals surface area contributed by atoms with Gasteiger partial charge in [0.2, 0.25) is 0 Å². The molecule has 2 fully saturated rings. The van der Waals surface area contributed by atoms with Crippen molar-refractivity contribution in [3.63, 3.8) is 0 Å². The number of nitrogens with zero attached hydrogens (tertiary/aromatic N) is 1. The highest BCUT2D eigenvalue weighted by Crippen LogP contribution is 2.40. The summed E-state index contributed by atoms with van der Waals surface area (Å²) in [6.07, 6.45) is 8.41. The molecule has 0 spiro atoms. The Morgan fingerprint density at radius 2 is 1.95 bits per heavy atom. The van der Waals surface area contributed by atoms with E-state index in [9.17, 15) is 0 Å². The van der Waals surface area contributed by atoms with E-state index in [0.717, 1.165) is 18.5 Å². The van der Waals surface area contributed by atoms with Crippen LogP contribution in [0.25, 0.3) is 0 Å². The van der Waals surface area contributed by atoms with Gasteiger partial charge in [0, 0.05) is 18.6 Å². The summed E-state index contributed by atoms with van der Waals surface area (Å²) in [5, 5.41) is 3.80. The predicted molar refractivity (Wildman–Crippen MR) is 83.5 cm³/mol. The van der Waals surface area contributed by atoms with Crippen LogP contribution < -0.4 is 5.32 Å². The van der Waals surface area contributed by atoms with E-state index in [2.05, 4.69) is 37.9 Å². The lowest BCUT2D eigenvalue weighted by Gasteiger charge is -2.46. The van der Waals surface area contributed by atoms with Crippen molar-refractivity contribution in [3.05, 3.63) is 0 Å². The van der Waals surface area contributed by atoms with Gasteiger partial charge in [0.1, 0.15) is 0 Å². The number of hydrogen-bond acceptors (Lipinski definition) is 2. The quantitative estimate of drug-likeness (QED) is 0.817. The van der Waals surface area contributed by atoms with Gasteiger partial charge in [0.25, 0.3) is 0 Å². The molecule has 1 heterocycles. The van der Waals surface area contributed by atoms with Crippen LogP contribution in [0.4, 0.5) is 0 Å². The Balaban J connectivity index is 2.00. The molecule has 3 atom stereocenters. The van der Waals surface area contributed by atoms with Gasteiger partial charge in [0.15, 0.2) is 0 Å². The van der Waals surface area contributed by atoms with Crippen molar-refractivity contribution in [3.8, 4) is 0 Å². The molecule has 0 aromatic carbocycles. The number of rotatable bonds is 5. The SMILES string of the molecule is CCNC1C(CN2CCCC2CC)CCCC1(C)C. The van der Waals surface area contributed by atoms with Gasteiger partial charge in [-0.05, 0) is 56.5 Å². The van der Waals surface area contributed by atoms with Crippen LogP contribution in [0.1, 0.15) is 66.2 Å². The first-order valence-corrected chi connectivity index (χ1v) is 8.56. The molecule has 3 unspecified atom stereocenters. The highest BCUT2D eigenvalue weighted by Gasteiger charge is 2.39. The lowest BCUT2D eigenvalue weighted by atomic mass is 9.67. The first kappa shape index (κ1) is 15.3. The van der Waals surface area contributed by atoms with E-state index in [-0.39, 0.29) is 0 Å². The van der Waals surface area contributed by atoms with Gasteiger partial charge in [-0.15, -0.1) is 0 Å². The van der Waals surface area contributed by atoms with E-state index in [1.807, 2.05) is 0 Å². The average Bonchev–Trinajstić information content (AvgIpc) is 2.80. The van der Waals surface area contributed by atoms with E-state index in [0.29, 0.717) is 11.5 Å². The van der Waals surface area contributed by atoms with Gasteiger partial charge < -0.3 is 10.2 Å². The Labute approximate surface area is 120 Å². The average molecular weight is 266 g/mol. The second-order valence-electron chi connectivity index (χ2n) is 7.38. The number of hydrogen-bond donors (Lipinski definition) is 1. The van der Waals surface area contributed by atoms with Crippen molar-refractivity contribution in [2.75, 3.05) is 19.6 Å². The second kappa shape index (κ2) is 6.58. The molecule has 2 heteroatoms. The van der Waals surface area contributed by atoms with Gasteiger partial charge in [0.05, 0.1) is 0 Å². The van der Waals surface area contributed by atoms with Crippen molar-refractivity contribution < 1.29 is 0 Å². The molecule has 2 nitrogen and oxygen atoms in total. The highest BCUT2D eigenvalue weighted by molar-refractivity contribution is 4.95. The van der Waals surface area contributed by atoms with Gasteiger partial charge in [-0.1, -0.05) is 34.1 Å². The van der Waals surface area contributed by atoms with E-state index < -0.39 is 0 Å². The molecule has 19 heavy (non-hydrogen) atoms. The standard InChI is InChI=1S/C17H34N2/c1-5-15-10-8-12-19(15)13-14-9-7-11-17(3,4)16(14)18-6-2/h14-16,18H,5-13H2,1-4H3. The van der Waals surface area contributed by atoms with Crippen LogP contribution in [0.3, 0.4) is 0 Å². The zero-order valence-electron chi connectivity index (χ0n) is 13.5. The fraction of sp³-hybridized carbons (Fsp3) is 1.00. The topological polar surface area (TPSA) is 15.3 Å². The minimum Gasteiger partial charge on any atom is -0.313 e. The van der Waals surface area contributed by atoms with Crippen LogP contribution in [0.2, 0.25) is 0 Å². The van der Waals surface area contributed by atoms with E-state index in [4.69, 9.17) is 0 Å². The lowest BCUT2D eigenvalue weighted by molar-refractivity contribution is 0.0755. The largest absolute Gasteiger partial charge is 0.313 e. The molecule has 2 aliphatic rings. The van der Waals surface area contributed by atoms with E-state index in [1.54, 1.807) is 0 Å². The summed E-state index contributed by atoms with van der Waals surface area (Å²) in [4.78, 5) is 2.79. The Bertz CT molecular complexity index is 274. The van der Waals surface area contributed by atoms with Crippen LogP contribution in [0, 0.1) is 11.3 Å². The Hall–Kier alpha value is -0.0800. The first-order chi connectivity index (χ1) is 9.08. The third-order valence-corrected chi connectivity index (χ3v) is 5.57. The Morgan fingerprint density at radius 3 is 2.63 bits per heavy atom. The molecular formula is C17H34N2. The highest BCUT2D eigenvalue weighted by atomic mass is 15.2. The normalized spacial score (nSPS) is 35.7. The monoisotopic (exact) mass is 266 g/mol. The third kappa shape index (κ3) is 3.52. The minimum atomic E-state index is 0.473. The molecule has 0 amide bonds. The molecule has 2 rings (SSSR count). The minimum absolute atomic E-state index is 0.473. The summed E-state index contributed by atoms with van der Waals surface area (Å²) < 4.78 is 0. The number of nitrogens with one attached hydrogen (secondary N) is 1. The molecule has 1 saturated heterocycles. The summed E-state index contributed by atoms with van der Waals surface area (Å²) >= 11 is 0. The zero-order valence-corrected chi connectivity index (χ0v) is 13.5. The van der Waals surface area contributed by atoms with Gasteiger partial charge in [-0.2, -0.15) is 0 Å². The summed E-state index contributed by atoms with van der Waals surface area (Å²) in [5.41, 5.74) is 0.473. The fourth-order valence-corrected chi connectivity index (χ4v) is 4.54. The first-order valence-electron chi connectivity index (χ1n) is 8.56. The number of likely N-dealkylation sites (tertiary alicyclic amines) is 1. The maximum Gasteiger partial charge on any atom is 0.0159 e. The van der Waals surface area contributed by atoms with Crippen molar-refractivity contribution in [2.45, 2.75) is 78.3 Å². The molecule has 1 saturated carbocycles. The van der Waals surface area contributed by atoms with Crippen molar-refractivity contribution in [1.82, 2.24) is 10.2 Å². The Kier molecular flexibility index (Phi) is 5.30. The molecule has 0 aromatic heterocycles. The van der Waals surface area contributed by atoms with Crippen LogP contribution in [-0.2, 0) is 0 Å². The maximum atomic E-state index is 3.80. The van der Waals surface area contributed by atoms with Crippen LogP contribution in [0.15, 0.2) is 0 Å². The summed E-state index contributed by atoms with van der Waals surface area (Å²) in [7, 11) is 0. The second-order valence-corrected chi connectivity index (χ2v) is 7.38. The van der Waals surface area contributed by atoms with E-state index >= 15 is 0 Å². The van der Waals surface area contributed by atoms with Crippen molar-refractivity contribution in [2.24, 2.45) is 11.3 Å². The summed E-state index contributed by atoms with van der Waals surface area (Å²) in [5.74, 6) is 0.857. The summed E-state index contributed by atoms with van der Waals surface area (Å²) in [6, 6.07) is 1.58. The van der Waals surface area contributed by atoms with Gasteiger partial charge in [-0.25, -0.2) is 0 Å². The smallest absolute Gasteiger partial charge is 0.0159 e. The molecule has 0 radical (unpaired) electrons. The van der Waals surface area contributed by atoms with E-state index in [1.165, 1.54) is 51.6 Å². The third-order valence-electron chi connectivity index (χ3n) is 5.57. The lowest BCUT2D eigenvalue weighted by Crippen LogP contribution is -2.53. The molecule has 1 N–H and O–H groups in total. The predicted octanol–water partition coefficient (Wildman–Crippen LogP) is 3.67.